The predicted octanol–water partition coefficient (Wildman–Crippen LogP) is 2.07. The molecule has 0 heterocycles. The molecule has 0 rings (SSSR count). The van der Waals surface area contributed by atoms with E-state index in [1.54, 1.807) is 18.9 Å². The summed E-state index contributed by atoms with van der Waals surface area (Å²) in [4.78, 5) is 23.3. The van der Waals surface area contributed by atoms with Crippen LogP contribution in [0.1, 0.15) is 47.5 Å². The number of hydrogen-bond acceptors (Lipinski definition) is 3. The molecular weight excluding hydrogens is 216 g/mol. The minimum Gasteiger partial charge on any atom is -0.345 e. The van der Waals surface area contributed by atoms with Crippen LogP contribution in [0.3, 0.4) is 0 Å². The SMILES string of the molecule is CC.CC.CC(CC=O)C(=O)N(C)CCCN. The van der Waals surface area contributed by atoms with Gasteiger partial charge in [-0.15, -0.1) is 0 Å². The average molecular weight is 246 g/mol. The van der Waals surface area contributed by atoms with Crippen LogP contribution in [-0.2, 0) is 9.59 Å². The van der Waals surface area contributed by atoms with Gasteiger partial charge in [-0.25, -0.2) is 0 Å². The van der Waals surface area contributed by atoms with Crippen LogP contribution >= 0.6 is 0 Å². The fourth-order valence-electron chi connectivity index (χ4n) is 1.06. The number of nitrogens with two attached hydrogens (primary N) is 1. The molecule has 0 aromatic heterocycles. The maximum absolute atomic E-state index is 11.5. The van der Waals surface area contributed by atoms with Gasteiger partial charge in [-0.3, -0.25) is 4.79 Å². The third-order valence-electron chi connectivity index (χ3n) is 1.95. The first-order valence-electron chi connectivity index (χ1n) is 6.52. The minimum absolute atomic E-state index is 0.0144. The topological polar surface area (TPSA) is 63.4 Å². The summed E-state index contributed by atoms with van der Waals surface area (Å²) < 4.78 is 0. The molecule has 2 N–H and O–H groups in total. The lowest BCUT2D eigenvalue weighted by Crippen LogP contribution is -2.33. The van der Waals surface area contributed by atoms with E-state index in [0.717, 1.165) is 12.7 Å². The van der Waals surface area contributed by atoms with Crippen molar-refractivity contribution in [1.82, 2.24) is 4.90 Å². The van der Waals surface area contributed by atoms with Crippen molar-refractivity contribution in [2.24, 2.45) is 11.7 Å². The lowest BCUT2D eigenvalue weighted by molar-refractivity contribution is -0.134. The highest BCUT2D eigenvalue weighted by Gasteiger charge is 2.15. The summed E-state index contributed by atoms with van der Waals surface area (Å²) in [6.07, 6.45) is 1.88. The number of nitrogens with zero attached hydrogens (tertiary/aromatic N) is 1. The van der Waals surface area contributed by atoms with Gasteiger partial charge in [0.15, 0.2) is 0 Å². The van der Waals surface area contributed by atoms with Crippen LogP contribution in [0.25, 0.3) is 0 Å². The molecule has 0 aromatic rings. The Morgan fingerprint density at radius 2 is 1.76 bits per heavy atom. The van der Waals surface area contributed by atoms with Gasteiger partial charge in [-0.2, -0.15) is 0 Å². The molecule has 0 spiro atoms. The fourth-order valence-corrected chi connectivity index (χ4v) is 1.06. The molecule has 0 aliphatic heterocycles. The number of aldehydes is 1. The molecule has 0 aromatic carbocycles. The molecule has 0 aliphatic carbocycles. The molecule has 1 atom stereocenters. The summed E-state index contributed by atoms with van der Waals surface area (Å²) in [5.74, 6) is -0.194. The Morgan fingerprint density at radius 1 is 1.29 bits per heavy atom. The Balaban J connectivity index is -0.000000439. The average Bonchev–Trinajstić information content (AvgIpc) is 2.40. The molecule has 104 valence electrons. The molecular formula is C13H30N2O2. The van der Waals surface area contributed by atoms with Gasteiger partial charge < -0.3 is 15.4 Å². The van der Waals surface area contributed by atoms with Crippen molar-refractivity contribution in [3.8, 4) is 0 Å². The first-order valence-corrected chi connectivity index (χ1v) is 6.52. The molecule has 0 saturated carbocycles. The lowest BCUT2D eigenvalue weighted by atomic mass is 10.1. The van der Waals surface area contributed by atoms with Crippen LogP contribution in [0.2, 0.25) is 0 Å². The summed E-state index contributed by atoms with van der Waals surface area (Å²) in [7, 11) is 1.74. The van der Waals surface area contributed by atoms with Gasteiger partial charge in [0.1, 0.15) is 6.29 Å². The van der Waals surface area contributed by atoms with Gasteiger partial charge in [0.05, 0.1) is 0 Å². The zero-order valence-electron chi connectivity index (χ0n) is 12.3. The van der Waals surface area contributed by atoms with Gasteiger partial charge in [0, 0.05) is 25.9 Å². The Bertz CT molecular complexity index is 173. The number of hydrogen-bond donors (Lipinski definition) is 1. The van der Waals surface area contributed by atoms with E-state index in [1.165, 1.54) is 0 Å². The maximum Gasteiger partial charge on any atom is 0.225 e. The normalized spacial score (nSPS) is 10.1. The second-order valence-corrected chi connectivity index (χ2v) is 3.21. The Hall–Kier alpha value is -0.900. The summed E-state index contributed by atoms with van der Waals surface area (Å²) in [6.45, 7) is 11.0. The molecule has 1 amide bonds. The van der Waals surface area contributed by atoms with Crippen LogP contribution in [0.4, 0.5) is 0 Å². The van der Waals surface area contributed by atoms with Crippen molar-refractivity contribution in [3.05, 3.63) is 0 Å². The zero-order valence-corrected chi connectivity index (χ0v) is 12.3. The van der Waals surface area contributed by atoms with Crippen LogP contribution < -0.4 is 5.73 Å². The second-order valence-electron chi connectivity index (χ2n) is 3.21. The fraction of sp³-hybridized carbons (Fsp3) is 0.846. The number of rotatable bonds is 6. The Kier molecular flexibility index (Phi) is 22.0. The minimum atomic E-state index is -0.208. The molecule has 0 fully saturated rings. The van der Waals surface area contributed by atoms with E-state index in [4.69, 9.17) is 5.73 Å². The number of carbonyl (C=O) groups excluding carboxylic acids is 2. The predicted molar refractivity (Wildman–Crippen MR) is 73.8 cm³/mol. The van der Waals surface area contributed by atoms with Crippen molar-refractivity contribution in [2.45, 2.75) is 47.5 Å². The number of amides is 1. The summed E-state index contributed by atoms with van der Waals surface area (Å²) in [5.41, 5.74) is 5.32. The van der Waals surface area contributed by atoms with Crippen molar-refractivity contribution >= 4 is 12.2 Å². The molecule has 0 radical (unpaired) electrons. The number of carbonyl (C=O) groups is 2. The van der Waals surface area contributed by atoms with E-state index in [2.05, 4.69) is 0 Å². The smallest absolute Gasteiger partial charge is 0.225 e. The van der Waals surface area contributed by atoms with E-state index in [-0.39, 0.29) is 11.8 Å². The largest absolute Gasteiger partial charge is 0.345 e. The molecule has 4 heteroatoms. The van der Waals surface area contributed by atoms with Gasteiger partial charge in [-0.1, -0.05) is 34.6 Å². The van der Waals surface area contributed by atoms with Crippen molar-refractivity contribution in [3.63, 3.8) is 0 Å². The Morgan fingerprint density at radius 3 is 2.12 bits per heavy atom. The first kappa shape index (κ1) is 21.4. The third-order valence-corrected chi connectivity index (χ3v) is 1.95. The highest BCUT2D eigenvalue weighted by molar-refractivity contribution is 5.80. The van der Waals surface area contributed by atoms with Crippen molar-refractivity contribution < 1.29 is 9.59 Å². The first-order chi connectivity index (χ1) is 8.13. The Labute approximate surface area is 107 Å². The summed E-state index contributed by atoms with van der Waals surface area (Å²) >= 11 is 0. The summed E-state index contributed by atoms with van der Waals surface area (Å²) in [6, 6.07) is 0. The highest BCUT2D eigenvalue weighted by atomic mass is 16.2. The third kappa shape index (κ3) is 13.0. The van der Waals surface area contributed by atoms with Crippen LogP contribution in [-0.4, -0.2) is 37.2 Å². The van der Waals surface area contributed by atoms with E-state index < -0.39 is 0 Å². The highest BCUT2D eigenvalue weighted by Crippen LogP contribution is 2.04. The zero-order chi connectivity index (χ0) is 14.3. The lowest BCUT2D eigenvalue weighted by Gasteiger charge is -2.19. The van der Waals surface area contributed by atoms with Crippen LogP contribution in [0.5, 0.6) is 0 Å². The molecule has 0 aliphatic rings. The molecule has 0 bridgehead atoms. The monoisotopic (exact) mass is 246 g/mol. The van der Waals surface area contributed by atoms with Gasteiger partial charge in [-0.05, 0) is 13.0 Å². The molecule has 4 nitrogen and oxygen atoms in total. The van der Waals surface area contributed by atoms with E-state index >= 15 is 0 Å². The quantitative estimate of drug-likeness (QED) is 0.730. The summed E-state index contributed by atoms with van der Waals surface area (Å²) in [5, 5.41) is 0. The standard InChI is InChI=1S/C9H18N2O2.2C2H6/c1-8(4-7-12)9(13)11(2)6-3-5-10;2*1-2/h7-8H,3-6,10H2,1-2H3;2*1-2H3. The van der Waals surface area contributed by atoms with Crippen molar-refractivity contribution in [2.75, 3.05) is 20.1 Å². The van der Waals surface area contributed by atoms with Crippen molar-refractivity contribution in [1.29, 1.82) is 0 Å². The molecule has 0 saturated heterocycles. The van der Waals surface area contributed by atoms with Crippen LogP contribution in [0.15, 0.2) is 0 Å². The van der Waals surface area contributed by atoms with E-state index in [1.807, 2.05) is 27.7 Å². The molecule has 17 heavy (non-hydrogen) atoms. The van der Waals surface area contributed by atoms with Gasteiger partial charge >= 0.3 is 0 Å². The van der Waals surface area contributed by atoms with E-state index in [0.29, 0.717) is 19.5 Å². The van der Waals surface area contributed by atoms with Crippen LogP contribution in [0, 0.1) is 5.92 Å². The van der Waals surface area contributed by atoms with E-state index in [9.17, 15) is 9.59 Å². The van der Waals surface area contributed by atoms with Gasteiger partial charge in [0.2, 0.25) is 5.91 Å². The second kappa shape index (κ2) is 17.5. The molecule has 1 unspecified atom stereocenters. The maximum atomic E-state index is 11.5. The van der Waals surface area contributed by atoms with Gasteiger partial charge in [0.25, 0.3) is 0 Å².